The van der Waals surface area contributed by atoms with Crippen LogP contribution in [0.15, 0.2) is 54.0 Å². The maximum absolute atomic E-state index is 13.1. The van der Waals surface area contributed by atoms with Crippen LogP contribution in [0.1, 0.15) is 16.1 Å². The number of benzene rings is 1. The van der Waals surface area contributed by atoms with E-state index in [2.05, 4.69) is 26.3 Å². The Hall–Kier alpha value is -3.04. The van der Waals surface area contributed by atoms with Crippen molar-refractivity contribution in [3.63, 3.8) is 0 Å². The molecule has 0 saturated carbocycles. The second kappa shape index (κ2) is 8.00. The molecular weight excluding hydrogens is 416 g/mol. The molecule has 0 bridgehead atoms. The lowest BCUT2D eigenvalue weighted by Gasteiger charge is -2.34. The molecule has 3 aromatic heterocycles. The lowest BCUT2D eigenvalue weighted by atomic mass is 10.2. The number of piperazine rings is 1. The van der Waals surface area contributed by atoms with Crippen molar-refractivity contribution in [2.24, 2.45) is 0 Å². The second-order valence-electron chi connectivity index (χ2n) is 7.04. The number of thiophene rings is 1. The molecule has 0 atom stereocenters. The Morgan fingerprint density at radius 2 is 1.80 bits per heavy atom. The van der Waals surface area contributed by atoms with Crippen LogP contribution in [0.5, 0.6) is 0 Å². The van der Waals surface area contributed by atoms with Gasteiger partial charge in [-0.25, -0.2) is 4.68 Å². The molecule has 1 saturated heterocycles. The molecule has 0 spiro atoms. The standard InChI is InChI=1S/C21H20N6OS2/c1-15-17(14-22-27(15)16-6-3-2-4-7-16)20(28)25-9-11-26(12-10-25)21-24-23-19(30-21)18-8-5-13-29-18/h2-8,13-14H,9-12H2,1H3. The molecule has 0 radical (unpaired) electrons. The summed E-state index contributed by atoms with van der Waals surface area (Å²) < 4.78 is 1.82. The predicted octanol–water partition coefficient (Wildman–Crippen LogP) is 3.72. The van der Waals surface area contributed by atoms with Gasteiger partial charge in [-0.3, -0.25) is 4.79 Å². The van der Waals surface area contributed by atoms with Crippen LogP contribution >= 0.6 is 22.7 Å². The number of amides is 1. The zero-order chi connectivity index (χ0) is 20.5. The summed E-state index contributed by atoms with van der Waals surface area (Å²) in [5.74, 6) is 0.0332. The maximum atomic E-state index is 13.1. The molecule has 0 aliphatic carbocycles. The minimum atomic E-state index is 0.0332. The van der Waals surface area contributed by atoms with Crippen molar-refractivity contribution in [3.05, 3.63) is 65.3 Å². The van der Waals surface area contributed by atoms with Crippen molar-refractivity contribution in [1.82, 2.24) is 24.9 Å². The van der Waals surface area contributed by atoms with Crippen LogP contribution in [0.3, 0.4) is 0 Å². The highest BCUT2D eigenvalue weighted by Gasteiger charge is 2.26. The number of hydrogen-bond donors (Lipinski definition) is 0. The van der Waals surface area contributed by atoms with Crippen molar-refractivity contribution in [3.8, 4) is 15.6 Å². The molecule has 152 valence electrons. The minimum Gasteiger partial charge on any atom is -0.343 e. The molecule has 9 heteroatoms. The number of para-hydroxylation sites is 1. The van der Waals surface area contributed by atoms with Gasteiger partial charge in [0.2, 0.25) is 5.13 Å². The van der Waals surface area contributed by atoms with Crippen molar-refractivity contribution >= 4 is 33.7 Å². The van der Waals surface area contributed by atoms with Gasteiger partial charge in [-0.05, 0) is 30.5 Å². The highest BCUT2D eigenvalue weighted by Crippen LogP contribution is 2.32. The molecular formula is C21H20N6OS2. The lowest BCUT2D eigenvalue weighted by molar-refractivity contribution is 0.0746. The van der Waals surface area contributed by atoms with Crippen molar-refractivity contribution < 1.29 is 4.79 Å². The van der Waals surface area contributed by atoms with Crippen LogP contribution in [0.4, 0.5) is 5.13 Å². The van der Waals surface area contributed by atoms with Gasteiger partial charge in [-0.1, -0.05) is 35.6 Å². The first-order valence-corrected chi connectivity index (χ1v) is 11.4. The van der Waals surface area contributed by atoms with E-state index < -0.39 is 0 Å². The number of anilines is 1. The van der Waals surface area contributed by atoms with Gasteiger partial charge in [0.25, 0.3) is 5.91 Å². The molecule has 4 aromatic rings. The Labute approximate surface area is 182 Å². The first-order chi connectivity index (χ1) is 14.7. The Kier molecular flexibility index (Phi) is 5.06. The molecule has 1 amide bonds. The summed E-state index contributed by atoms with van der Waals surface area (Å²) in [6, 6.07) is 14.0. The van der Waals surface area contributed by atoms with Crippen LogP contribution in [0.2, 0.25) is 0 Å². The number of rotatable bonds is 4. The van der Waals surface area contributed by atoms with Gasteiger partial charge in [0, 0.05) is 26.2 Å². The van der Waals surface area contributed by atoms with E-state index in [0.29, 0.717) is 18.7 Å². The fourth-order valence-electron chi connectivity index (χ4n) is 3.56. The van der Waals surface area contributed by atoms with Crippen LogP contribution in [0, 0.1) is 6.92 Å². The van der Waals surface area contributed by atoms with E-state index in [4.69, 9.17) is 0 Å². The Morgan fingerprint density at radius 1 is 1.00 bits per heavy atom. The lowest BCUT2D eigenvalue weighted by Crippen LogP contribution is -2.48. The molecule has 1 aliphatic heterocycles. The first-order valence-electron chi connectivity index (χ1n) is 9.72. The smallest absolute Gasteiger partial charge is 0.257 e. The quantitative estimate of drug-likeness (QED) is 0.488. The van der Waals surface area contributed by atoms with E-state index >= 15 is 0 Å². The van der Waals surface area contributed by atoms with Crippen molar-refractivity contribution in [2.45, 2.75) is 6.92 Å². The SMILES string of the molecule is Cc1c(C(=O)N2CCN(c3nnc(-c4cccs4)s3)CC2)cnn1-c1ccccc1. The summed E-state index contributed by atoms with van der Waals surface area (Å²) in [7, 11) is 0. The normalized spacial score (nSPS) is 14.3. The number of carbonyl (C=O) groups excluding carboxylic acids is 1. The number of aromatic nitrogens is 4. The summed E-state index contributed by atoms with van der Waals surface area (Å²) in [5.41, 5.74) is 2.47. The van der Waals surface area contributed by atoms with Crippen molar-refractivity contribution in [1.29, 1.82) is 0 Å². The summed E-state index contributed by atoms with van der Waals surface area (Å²) in [6.07, 6.45) is 1.68. The van der Waals surface area contributed by atoms with E-state index in [0.717, 1.165) is 39.5 Å². The fourth-order valence-corrected chi connectivity index (χ4v) is 5.25. The van der Waals surface area contributed by atoms with Crippen LogP contribution in [-0.4, -0.2) is 57.0 Å². The molecule has 7 nitrogen and oxygen atoms in total. The number of hydrogen-bond acceptors (Lipinski definition) is 7. The zero-order valence-electron chi connectivity index (χ0n) is 16.4. The Balaban J connectivity index is 1.26. The van der Waals surface area contributed by atoms with Gasteiger partial charge in [0.15, 0.2) is 5.01 Å². The van der Waals surface area contributed by atoms with E-state index in [1.807, 2.05) is 58.3 Å². The first kappa shape index (κ1) is 19.0. The second-order valence-corrected chi connectivity index (χ2v) is 8.94. The average Bonchev–Trinajstić information content (AvgIpc) is 3.55. The van der Waals surface area contributed by atoms with E-state index in [1.54, 1.807) is 28.9 Å². The zero-order valence-corrected chi connectivity index (χ0v) is 18.1. The molecule has 0 N–H and O–H groups in total. The topological polar surface area (TPSA) is 67.2 Å². The third-order valence-corrected chi connectivity index (χ3v) is 7.25. The Morgan fingerprint density at radius 3 is 2.53 bits per heavy atom. The summed E-state index contributed by atoms with van der Waals surface area (Å²) in [6.45, 7) is 4.75. The molecule has 5 rings (SSSR count). The van der Waals surface area contributed by atoms with Gasteiger partial charge in [0.05, 0.1) is 28.0 Å². The number of carbonyl (C=O) groups is 1. The third-order valence-electron chi connectivity index (χ3n) is 5.22. The summed E-state index contributed by atoms with van der Waals surface area (Å²) in [5, 5.41) is 17.0. The van der Waals surface area contributed by atoms with E-state index in [-0.39, 0.29) is 5.91 Å². The predicted molar refractivity (Wildman–Crippen MR) is 120 cm³/mol. The molecule has 4 heterocycles. The highest BCUT2D eigenvalue weighted by molar-refractivity contribution is 7.22. The number of nitrogens with zero attached hydrogens (tertiary/aromatic N) is 6. The van der Waals surface area contributed by atoms with Crippen LogP contribution in [-0.2, 0) is 0 Å². The summed E-state index contributed by atoms with van der Waals surface area (Å²) >= 11 is 3.27. The molecule has 1 aromatic carbocycles. The Bertz CT molecular complexity index is 1140. The van der Waals surface area contributed by atoms with Gasteiger partial charge in [-0.2, -0.15) is 5.10 Å². The molecule has 0 unspecified atom stereocenters. The van der Waals surface area contributed by atoms with Crippen LogP contribution < -0.4 is 4.90 Å². The third kappa shape index (κ3) is 3.50. The van der Waals surface area contributed by atoms with Gasteiger partial charge in [0.1, 0.15) is 0 Å². The maximum Gasteiger partial charge on any atom is 0.257 e. The van der Waals surface area contributed by atoms with Gasteiger partial charge >= 0.3 is 0 Å². The summed E-state index contributed by atoms with van der Waals surface area (Å²) in [4.78, 5) is 18.3. The molecule has 1 fully saturated rings. The monoisotopic (exact) mass is 436 g/mol. The van der Waals surface area contributed by atoms with Gasteiger partial charge < -0.3 is 9.80 Å². The largest absolute Gasteiger partial charge is 0.343 e. The minimum absolute atomic E-state index is 0.0332. The van der Waals surface area contributed by atoms with E-state index in [1.165, 1.54) is 0 Å². The van der Waals surface area contributed by atoms with Crippen LogP contribution in [0.25, 0.3) is 15.6 Å². The average molecular weight is 437 g/mol. The van der Waals surface area contributed by atoms with Gasteiger partial charge in [-0.15, -0.1) is 21.5 Å². The van der Waals surface area contributed by atoms with Crippen molar-refractivity contribution in [2.75, 3.05) is 31.1 Å². The fraction of sp³-hybridized carbons (Fsp3) is 0.238. The molecule has 30 heavy (non-hydrogen) atoms. The highest BCUT2D eigenvalue weighted by atomic mass is 32.1. The molecule has 1 aliphatic rings. The van der Waals surface area contributed by atoms with E-state index in [9.17, 15) is 4.79 Å².